The van der Waals surface area contributed by atoms with E-state index in [0.717, 1.165) is 0 Å². The molecule has 29 heavy (non-hydrogen) atoms. The number of carbonyl (C=O) groups excluding carboxylic acids is 1. The number of amides is 1. The van der Waals surface area contributed by atoms with Crippen molar-refractivity contribution in [2.45, 2.75) is 0 Å². The summed E-state index contributed by atoms with van der Waals surface area (Å²) in [5.41, 5.74) is 0.348. The number of nitro groups is 1. The molecule has 0 aliphatic heterocycles. The van der Waals surface area contributed by atoms with Crippen LogP contribution in [0.15, 0.2) is 59.1 Å². The van der Waals surface area contributed by atoms with Gasteiger partial charge in [-0.05, 0) is 29.8 Å². The lowest BCUT2D eigenvalue weighted by Crippen LogP contribution is -2.13. The number of nitrogens with one attached hydrogen (secondary N) is 1. The molecule has 9 heteroatoms. The Morgan fingerprint density at radius 1 is 1.38 bits per heavy atom. The molecule has 2 aromatic rings. The predicted molar refractivity (Wildman–Crippen MR) is 112 cm³/mol. The number of non-ortho nitro benzene ring substituents is 1. The van der Waals surface area contributed by atoms with Crippen LogP contribution >= 0.6 is 15.9 Å². The van der Waals surface area contributed by atoms with Crippen molar-refractivity contribution in [3.8, 4) is 17.6 Å². The fourth-order valence-electron chi connectivity index (χ4n) is 2.28. The summed E-state index contributed by atoms with van der Waals surface area (Å²) >= 11 is 3.38. The van der Waals surface area contributed by atoms with Crippen LogP contribution in [-0.4, -0.2) is 24.5 Å². The lowest BCUT2D eigenvalue weighted by Gasteiger charge is -2.12. The van der Waals surface area contributed by atoms with Gasteiger partial charge in [0.2, 0.25) is 0 Å². The molecule has 0 aromatic heterocycles. The topological polar surface area (TPSA) is 114 Å². The van der Waals surface area contributed by atoms with Gasteiger partial charge in [0.15, 0.2) is 11.5 Å². The number of hydrogen-bond acceptors (Lipinski definition) is 6. The number of nitriles is 1. The summed E-state index contributed by atoms with van der Waals surface area (Å²) in [6, 6.07) is 10.5. The van der Waals surface area contributed by atoms with Gasteiger partial charge >= 0.3 is 0 Å². The fraction of sp³-hybridized carbons (Fsp3) is 0.100. The second kappa shape index (κ2) is 10.1. The molecule has 0 aliphatic rings. The van der Waals surface area contributed by atoms with Crippen LogP contribution in [0.3, 0.4) is 0 Å². The normalized spacial score (nSPS) is 10.6. The van der Waals surface area contributed by atoms with Gasteiger partial charge in [0.05, 0.1) is 12.0 Å². The van der Waals surface area contributed by atoms with E-state index in [2.05, 4.69) is 27.8 Å². The average molecular weight is 458 g/mol. The minimum atomic E-state index is -0.703. The van der Waals surface area contributed by atoms with E-state index in [0.29, 0.717) is 21.5 Å². The quantitative estimate of drug-likeness (QED) is 0.205. The van der Waals surface area contributed by atoms with Crippen molar-refractivity contribution < 1.29 is 19.2 Å². The van der Waals surface area contributed by atoms with Gasteiger partial charge < -0.3 is 14.8 Å². The Kier molecular flexibility index (Phi) is 7.51. The van der Waals surface area contributed by atoms with Crippen molar-refractivity contribution in [3.63, 3.8) is 0 Å². The molecule has 0 saturated heterocycles. The fourth-order valence-corrected chi connectivity index (χ4v) is 2.72. The molecule has 0 atom stereocenters. The number of hydrogen-bond donors (Lipinski definition) is 1. The molecule has 0 heterocycles. The number of rotatable bonds is 8. The monoisotopic (exact) mass is 457 g/mol. The second-order valence-corrected chi connectivity index (χ2v) is 6.41. The van der Waals surface area contributed by atoms with E-state index < -0.39 is 10.8 Å². The molecule has 2 aromatic carbocycles. The largest absolute Gasteiger partial charge is 0.493 e. The third-order valence-electron chi connectivity index (χ3n) is 3.62. The summed E-state index contributed by atoms with van der Waals surface area (Å²) in [7, 11) is 1.47. The lowest BCUT2D eigenvalue weighted by atomic mass is 10.1. The molecule has 0 fully saturated rings. The summed E-state index contributed by atoms with van der Waals surface area (Å²) < 4.78 is 11.4. The zero-order valence-corrected chi connectivity index (χ0v) is 16.9. The highest BCUT2D eigenvalue weighted by Gasteiger charge is 2.15. The van der Waals surface area contributed by atoms with E-state index >= 15 is 0 Å². The predicted octanol–water partition coefficient (Wildman–Crippen LogP) is 4.48. The standard InChI is InChI=1S/C20H16BrN3O5/c1-3-7-29-19-11-17(21)13(9-18(19)28-2)8-14(12-22)20(25)23-15-5-4-6-16(10-15)24(26)27/h3-6,8-11H,1,7H2,2H3,(H,23,25)/b14-8+. The summed E-state index contributed by atoms with van der Waals surface area (Å²) in [5.74, 6) is 0.180. The zero-order chi connectivity index (χ0) is 21.4. The maximum Gasteiger partial charge on any atom is 0.271 e. The van der Waals surface area contributed by atoms with Crippen molar-refractivity contribution in [1.82, 2.24) is 0 Å². The average Bonchev–Trinajstić information content (AvgIpc) is 2.71. The molecular formula is C20H16BrN3O5. The van der Waals surface area contributed by atoms with E-state index in [4.69, 9.17) is 9.47 Å². The molecule has 1 amide bonds. The van der Waals surface area contributed by atoms with Crippen LogP contribution in [0.25, 0.3) is 6.08 Å². The van der Waals surface area contributed by atoms with Gasteiger partial charge in [-0.2, -0.15) is 5.26 Å². The van der Waals surface area contributed by atoms with Crippen molar-refractivity contribution in [2.24, 2.45) is 0 Å². The maximum absolute atomic E-state index is 12.4. The number of methoxy groups -OCH3 is 1. The highest BCUT2D eigenvalue weighted by molar-refractivity contribution is 9.10. The van der Waals surface area contributed by atoms with E-state index in [9.17, 15) is 20.2 Å². The van der Waals surface area contributed by atoms with E-state index in [1.807, 2.05) is 6.07 Å². The van der Waals surface area contributed by atoms with E-state index in [1.54, 1.807) is 18.2 Å². The van der Waals surface area contributed by atoms with Gasteiger partial charge in [-0.15, -0.1) is 0 Å². The van der Waals surface area contributed by atoms with Gasteiger partial charge in [-0.1, -0.05) is 34.7 Å². The number of ether oxygens (including phenoxy) is 2. The molecule has 0 unspecified atom stereocenters. The molecule has 0 saturated carbocycles. The number of nitrogens with zero attached hydrogens (tertiary/aromatic N) is 2. The minimum Gasteiger partial charge on any atom is -0.493 e. The third kappa shape index (κ3) is 5.67. The summed E-state index contributed by atoms with van der Waals surface area (Å²) in [5, 5.41) is 22.7. The number of halogens is 1. The Bertz CT molecular complexity index is 1030. The maximum atomic E-state index is 12.4. The van der Waals surface area contributed by atoms with Crippen LogP contribution in [0.5, 0.6) is 11.5 Å². The minimum absolute atomic E-state index is 0.173. The molecule has 0 aliphatic carbocycles. The molecule has 0 spiro atoms. The first-order valence-electron chi connectivity index (χ1n) is 8.18. The van der Waals surface area contributed by atoms with Crippen LogP contribution in [0, 0.1) is 21.4 Å². The molecule has 1 N–H and O–H groups in total. The molecule has 8 nitrogen and oxygen atoms in total. The molecular weight excluding hydrogens is 442 g/mol. The zero-order valence-electron chi connectivity index (χ0n) is 15.3. The van der Waals surface area contributed by atoms with E-state index in [-0.39, 0.29) is 23.6 Å². The van der Waals surface area contributed by atoms with Crippen LogP contribution in [-0.2, 0) is 4.79 Å². The van der Waals surface area contributed by atoms with Gasteiger partial charge in [-0.3, -0.25) is 14.9 Å². The Hall–Kier alpha value is -3.64. The first-order valence-corrected chi connectivity index (χ1v) is 8.97. The first kappa shape index (κ1) is 21.7. The van der Waals surface area contributed by atoms with Gasteiger partial charge in [-0.25, -0.2) is 0 Å². The van der Waals surface area contributed by atoms with Gasteiger partial charge in [0.25, 0.3) is 11.6 Å². The van der Waals surface area contributed by atoms with Crippen LogP contribution in [0.1, 0.15) is 5.56 Å². The van der Waals surface area contributed by atoms with Gasteiger partial charge in [0.1, 0.15) is 18.2 Å². The number of carbonyl (C=O) groups is 1. The second-order valence-electron chi connectivity index (χ2n) is 5.56. The Morgan fingerprint density at radius 3 is 2.76 bits per heavy atom. The van der Waals surface area contributed by atoms with Crippen LogP contribution < -0.4 is 14.8 Å². The van der Waals surface area contributed by atoms with Crippen molar-refractivity contribution in [1.29, 1.82) is 5.26 Å². The van der Waals surface area contributed by atoms with Crippen molar-refractivity contribution in [3.05, 3.63) is 74.8 Å². The Labute approximate surface area is 175 Å². The number of anilines is 1. The molecule has 148 valence electrons. The van der Waals surface area contributed by atoms with Crippen molar-refractivity contribution in [2.75, 3.05) is 19.0 Å². The SMILES string of the molecule is C=CCOc1cc(Br)c(/C=C(\C#N)C(=O)Nc2cccc([N+](=O)[O-])c2)cc1OC. The summed E-state index contributed by atoms with van der Waals surface area (Å²) in [4.78, 5) is 22.7. The molecule has 0 bridgehead atoms. The highest BCUT2D eigenvalue weighted by atomic mass is 79.9. The number of benzene rings is 2. The third-order valence-corrected chi connectivity index (χ3v) is 4.31. The molecule has 0 radical (unpaired) electrons. The van der Waals surface area contributed by atoms with Crippen LogP contribution in [0.2, 0.25) is 0 Å². The lowest BCUT2D eigenvalue weighted by molar-refractivity contribution is -0.384. The van der Waals surface area contributed by atoms with E-state index in [1.165, 1.54) is 37.5 Å². The van der Waals surface area contributed by atoms with Gasteiger partial charge in [0, 0.05) is 22.3 Å². The summed E-state index contributed by atoms with van der Waals surface area (Å²) in [6.45, 7) is 3.87. The Morgan fingerprint density at radius 2 is 2.14 bits per heavy atom. The number of nitro benzene ring substituents is 1. The highest BCUT2D eigenvalue weighted by Crippen LogP contribution is 2.34. The Balaban J connectivity index is 2.32. The summed E-state index contributed by atoms with van der Waals surface area (Å²) in [6.07, 6.45) is 2.96. The smallest absolute Gasteiger partial charge is 0.271 e. The molecule has 2 rings (SSSR count). The van der Waals surface area contributed by atoms with Crippen molar-refractivity contribution >= 4 is 39.3 Å². The van der Waals surface area contributed by atoms with Crippen LogP contribution in [0.4, 0.5) is 11.4 Å². The first-order chi connectivity index (χ1) is 13.9.